The molecule has 0 N–H and O–H groups in total. The number of hydrogen-bond acceptors (Lipinski definition) is 7. The molecule has 0 fully saturated rings. The molecule has 148 valence electrons. The Bertz CT molecular complexity index is 1310. The molecule has 0 bridgehead atoms. The summed E-state index contributed by atoms with van der Waals surface area (Å²) in [5, 5.41) is 6.87. The smallest absolute Gasteiger partial charge is 0.378 e. The summed E-state index contributed by atoms with van der Waals surface area (Å²) >= 11 is 2.91. The lowest BCUT2D eigenvalue weighted by atomic mass is 10.3. The molecule has 0 spiro atoms. The summed E-state index contributed by atoms with van der Waals surface area (Å²) in [7, 11) is 0. The molecule has 3 aromatic heterocycles. The molecule has 5 aromatic rings. The fourth-order valence-electron chi connectivity index (χ4n) is 2.93. The molecule has 3 heterocycles. The van der Waals surface area contributed by atoms with Crippen LogP contribution in [0.1, 0.15) is 15.6 Å². The van der Waals surface area contributed by atoms with E-state index in [4.69, 9.17) is 4.74 Å². The van der Waals surface area contributed by atoms with Gasteiger partial charge in [-0.2, -0.15) is 4.98 Å². The molecule has 0 atom stereocenters. The molecule has 2 aromatic carbocycles. The van der Waals surface area contributed by atoms with Crippen molar-refractivity contribution in [2.75, 3.05) is 0 Å². The second kappa shape index (κ2) is 7.77. The minimum Gasteiger partial charge on any atom is -0.452 e. The third-order valence-corrected chi connectivity index (χ3v) is 6.12. The highest BCUT2D eigenvalue weighted by Gasteiger charge is 2.21. The molecule has 6 nitrogen and oxygen atoms in total. The Kier molecular flexibility index (Phi) is 4.82. The van der Waals surface area contributed by atoms with Crippen LogP contribution in [0.5, 0.6) is 0 Å². The van der Waals surface area contributed by atoms with Crippen molar-refractivity contribution in [2.24, 2.45) is 0 Å². The molecule has 5 rings (SSSR count). The lowest BCUT2D eigenvalue weighted by molar-refractivity contribution is 0.0458. The van der Waals surface area contributed by atoms with Crippen LogP contribution in [0.25, 0.3) is 26.6 Å². The number of ether oxygens (including phenoxy) is 1. The van der Waals surface area contributed by atoms with Gasteiger partial charge >= 0.3 is 5.97 Å². The topological polar surface area (TPSA) is 69.9 Å². The molecule has 0 amide bonds. The number of para-hydroxylation sites is 1. The second-order valence-electron chi connectivity index (χ2n) is 6.28. The average Bonchev–Trinajstić information content (AvgIpc) is 3.50. The number of benzene rings is 2. The number of carbonyl (C=O) groups excluding carboxylic acids is 1. The maximum absolute atomic E-state index is 13.7. The van der Waals surface area contributed by atoms with Crippen molar-refractivity contribution in [1.29, 1.82) is 0 Å². The number of rotatable bonds is 5. The van der Waals surface area contributed by atoms with E-state index in [0.29, 0.717) is 16.5 Å². The van der Waals surface area contributed by atoms with E-state index in [1.165, 1.54) is 39.5 Å². The molecule has 0 unspecified atom stereocenters. The van der Waals surface area contributed by atoms with Crippen molar-refractivity contribution in [1.82, 2.24) is 19.7 Å². The molecule has 0 aliphatic heterocycles. The molecule has 9 heteroatoms. The molecular weight excluding hydrogens is 423 g/mol. The summed E-state index contributed by atoms with van der Waals surface area (Å²) < 4.78 is 21.6. The number of hydrogen-bond donors (Lipinski definition) is 0. The number of nitrogens with zero attached hydrogens (tertiary/aromatic N) is 4. The second-order valence-corrected chi connectivity index (χ2v) is 8.34. The highest BCUT2D eigenvalue weighted by Crippen LogP contribution is 2.26. The number of halogens is 1. The monoisotopic (exact) mass is 436 g/mol. The summed E-state index contributed by atoms with van der Waals surface area (Å²) in [5.74, 6) is -0.714. The highest BCUT2D eigenvalue weighted by molar-refractivity contribution is 7.18. The van der Waals surface area contributed by atoms with E-state index in [0.717, 1.165) is 15.1 Å². The molecular formula is C21H13FN4O2S2. The third kappa shape index (κ3) is 3.60. The van der Waals surface area contributed by atoms with Crippen molar-refractivity contribution in [3.05, 3.63) is 82.7 Å². The number of aromatic nitrogens is 4. The zero-order valence-electron chi connectivity index (χ0n) is 15.4. The fraction of sp³-hybridized carbons (Fsp3) is 0.0476. The fourth-order valence-corrected chi connectivity index (χ4v) is 4.50. The zero-order chi connectivity index (χ0) is 20.5. The maximum Gasteiger partial charge on any atom is 0.378 e. The third-order valence-electron chi connectivity index (χ3n) is 4.25. The van der Waals surface area contributed by atoms with Crippen LogP contribution < -0.4 is 0 Å². The highest BCUT2D eigenvalue weighted by atomic mass is 32.1. The summed E-state index contributed by atoms with van der Waals surface area (Å²) in [6.45, 7) is 0.0288. The van der Waals surface area contributed by atoms with Gasteiger partial charge in [-0.05, 0) is 41.8 Å². The van der Waals surface area contributed by atoms with E-state index in [2.05, 4.69) is 15.1 Å². The van der Waals surface area contributed by atoms with Crippen molar-refractivity contribution >= 4 is 38.9 Å². The van der Waals surface area contributed by atoms with Crippen LogP contribution >= 0.6 is 22.7 Å². The predicted octanol–water partition coefficient (Wildman–Crippen LogP) is 5.10. The Morgan fingerprint density at radius 1 is 1.07 bits per heavy atom. The van der Waals surface area contributed by atoms with Crippen LogP contribution in [0.2, 0.25) is 0 Å². The normalized spacial score (nSPS) is 11.1. The van der Waals surface area contributed by atoms with Gasteiger partial charge in [0.15, 0.2) is 5.82 Å². The van der Waals surface area contributed by atoms with E-state index in [9.17, 15) is 9.18 Å². The van der Waals surface area contributed by atoms with Crippen molar-refractivity contribution in [3.63, 3.8) is 0 Å². The summed E-state index contributed by atoms with van der Waals surface area (Å²) in [6, 6.07) is 17.4. The first-order valence-corrected chi connectivity index (χ1v) is 10.7. The molecule has 0 aliphatic rings. The lowest BCUT2D eigenvalue weighted by Crippen LogP contribution is -2.08. The number of fused-ring (bicyclic) bond motifs is 1. The minimum absolute atomic E-state index is 0.0288. The SMILES string of the molecule is O=C(OCc1nc2ccccc2s1)c1nc(-c2cccs2)n(-c2cccc(F)c2)n1. The zero-order valence-corrected chi connectivity index (χ0v) is 17.0. The minimum atomic E-state index is -0.665. The number of thiophene rings is 1. The summed E-state index contributed by atoms with van der Waals surface area (Å²) in [4.78, 5) is 22.2. The number of esters is 1. The maximum atomic E-state index is 13.7. The first-order chi connectivity index (χ1) is 14.7. The van der Waals surface area contributed by atoms with E-state index < -0.39 is 11.8 Å². The van der Waals surface area contributed by atoms with Crippen LogP contribution in [0.4, 0.5) is 4.39 Å². The van der Waals surface area contributed by atoms with Gasteiger partial charge in [0, 0.05) is 0 Å². The van der Waals surface area contributed by atoms with Crippen LogP contribution in [-0.2, 0) is 11.3 Å². The van der Waals surface area contributed by atoms with Crippen molar-refractivity contribution in [2.45, 2.75) is 6.61 Å². The first kappa shape index (κ1) is 18.6. The van der Waals surface area contributed by atoms with Crippen molar-refractivity contribution in [3.8, 4) is 16.4 Å². The summed E-state index contributed by atoms with van der Waals surface area (Å²) in [6.07, 6.45) is 0. The molecule has 30 heavy (non-hydrogen) atoms. The summed E-state index contributed by atoms with van der Waals surface area (Å²) in [5.41, 5.74) is 1.33. The first-order valence-electron chi connectivity index (χ1n) is 8.96. The van der Waals surface area contributed by atoms with Crippen molar-refractivity contribution < 1.29 is 13.9 Å². The molecule has 0 aliphatic carbocycles. The van der Waals surface area contributed by atoms with Gasteiger partial charge in [-0.1, -0.05) is 24.3 Å². The molecule has 0 radical (unpaired) electrons. The van der Waals surface area contributed by atoms with Crippen LogP contribution in [0.3, 0.4) is 0 Å². The Labute approximate surface area is 178 Å². The van der Waals surface area contributed by atoms with Gasteiger partial charge in [-0.15, -0.1) is 27.8 Å². The largest absolute Gasteiger partial charge is 0.452 e. The van der Waals surface area contributed by atoms with Gasteiger partial charge in [0.05, 0.1) is 20.8 Å². The van der Waals surface area contributed by atoms with Gasteiger partial charge in [0.25, 0.3) is 5.82 Å². The Morgan fingerprint density at radius 2 is 1.97 bits per heavy atom. The molecule has 0 saturated carbocycles. The van der Waals surface area contributed by atoms with Crippen LogP contribution in [0.15, 0.2) is 66.0 Å². The van der Waals surface area contributed by atoms with Gasteiger partial charge < -0.3 is 4.74 Å². The van der Waals surface area contributed by atoms with Crippen LogP contribution in [-0.4, -0.2) is 25.7 Å². The Balaban J connectivity index is 1.43. The van der Waals surface area contributed by atoms with Gasteiger partial charge in [-0.3, -0.25) is 0 Å². The van der Waals surface area contributed by atoms with E-state index in [-0.39, 0.29) is 12.4 Å². The van der Waals surface area contributed by atoms with Gasteiger partial charge in [0.1, 0.15) is 17.4 Å². The lowest BCUT2D eigenvalue weighted by Gasteiger charge is -2.04. The van der Waals surface area contributed by atoms with Gasteiger partial charge in [0.2, 0.25) is 0 Å². The average molecular weight is 436 g/mol. The molecule has 0 saturated heterocycles. The number of carbonyl (C=O) groups is 1. The van der Waals surface area contributed by atoms with E-state index in [1.807, 2.05) is 41.8 Å². The quantitative estimate of drug-likeness (QED) is 0.359. The van der Waals surface area contributed by atoms with E-state index >= 15 is 0 Å². The standard InChI is InChI=1S/C21H13FN4O2S2/c22-13-5-3-6-14(11-13)26-20(17-9-4-10-29-17)24-19(25-26)21(27)28-12-18-23-15-7-1-2-8-16(15)30-18/h1-11H,12H2. The van der Waals surface area contributed by atoms with E-state index in [1.54, 1.807) is 12.1 Å². The Hall–Kier alpha value is -3.43. The predicted molar refractivity (Wildman–Crippen MR) is 113 cm³/mol. The van der Waals surface area contributed by atoms with Crippen LogP contribution in [0, 0.1) is 5.82 Å². The Morgan fingerprint density at radius 3 is 2.77 bits per heavy atom. The van der Waals surface area contributed by atoms with Gasteiger partial charge in [-0.25, -0.2) is 18.9 Å². The number of thiazole rings is 1.